The summed E-state index contributed by atoms with van der Waals surface area (Å²) in [6.07, 6.45) is 3.22. The van der Waals surface area contributed by atoms with Gasteiger partial charge in [0.15, 0.2) is 0 Å². The minimum Gasteiger partial charge on any atom is -0.497 e. The number of benzene rings is 2. The first-order valence-electron chi connectivity index (χ1n) is 9.91. The first kappa shape index (κ1) is 19.6. The van der Waals surface area contributed by atoms with Crippen molar-refractivity contribution >= 4 is 0 Å². The van der Waals surface area contributed by atoms with E-state index < -0.39 is 0 Å². The number of hydrogen-bond donors (Lipinski definition) is 0. The summed E-state index contributed by atoms with van der Waals surface area (Å²) in [5.74, 6) is 0.555. The molecule has 0 saturated carbocycles. The molecule has 0 spiro atoms. The second-order valence-electron chi connectivity index (χ2n) is 7.80. The maximum Gasteiger partial charge on any atom is 0.123 e. The smallest absolute Gasteiger partial charge is 0.123 e. The van der Waals surface area contributed by atoms with E-state index in [2.05, 4.69) is 30.1 Å². The molecule has 0 aliphatic carbocycles. The average molecular weight is 394 g/mol. The third-order valence-corrected chi connectivity index (χ3v) is 5.60. The lowest BCUT2D eigenvalue weighted by molar-refractivity contribution is 0.265. The molecule has 3 aromatic rings. The Morgan fingerprint density at radius 1 is 1.17 bits per heavy atom. The minimum absolute atomic E-state index is 0.249. The van der Waals surface area contributed by atoms with Crippen LogP contribution in [-0.2, 0) is 6.54 Å². The number of nitrogens with zero attached hydrogens (tertiary/aromatic N) is 4. The predicted octanol–water partition coefficient (Wildman–Crippen LogP) is 3.82. The van der Waals surface area contributed by atoms with E-state index in [1.54, 1.807) is 19.2 Å². The van der Waals surface area contributed by atoms with E-state index in [0.717, 1.165) is 54.3 Å². The molecule has 2 aromatic carbocycles. The number of ether oxygens (including phenoxy) is 1. The highest BCUT2D eigenvalue weighted by molar-refractivity contribution is 5.63. The Morgan fingerprint density at radius 3 is 2.62 bits per heavy atom. The van der Waals surface area contributed by atoms with Crippen LogP contribution < -0.4 is 4.74 Å². The summed E-state index contributed by atoms with van der Waals surface area (Å²) >= 11 is 0. The Morgan fingerprint density at radius 2 is 1.97 bits per heavy atom. The second-order valence-corrected chi connectivity index (χ2v) is 7.80. The van der Waals surface area contributed by atoms with Gasteiger partial charge in [0.2, 0.25) is 0 Å². The van der Waals surface area contributed by atoms with Crippen LogP contribution in [0.4, 0.5) is 4.39 Å². The lowest BCUT2D eigenvalue weighted by Gasteiger charge is -2.20. The van der Waals surface area contributed by atoms with Crippen molar-refractivity contribution in [1.29, 1.82) is 0 Å². The van der Waals surface area contributed by atoms with E-state index in [1.807, 2.05) is 35.0 Å². The van der Waals surface area contributed by atoms with Gasteiger partial charge in [-0.2, -0.15) is 5.10 Å². The SMILES string of the molecule is COc1ccc(-n2cc(CN3CCC(N(C)C)C3)c(-c3cccc(F)c3)n2)cc1. The van der Waals surface area contributed by atoms with Crippen molar-refractivity contribution in [3.63, 3.8) is 0 Å². The van der Waals surface area contributed by atoms with Gasteiger partial charge in [0, 0.05) is 43.0 Å². The van der Waals surface area contributed by atoms with Crippen molar-refractivity contribution in [2.45, 2.75) is 19.0 Å². The van der Waals surface area contributed by atoms with Crippen LogP contribution in [0, 0.1) is 5.82 Å². The standard InChI is InChI=1S/C23H27FN4O/c1-26(2)21-11-12-27(16-21)14-18-15-28(20-7-9-22(29-3)10-8-20)25-23(18)17-5-4-6-19(24)13-17/h4-10,13,15,21H,11-12,14,16H2,1-3H3. The summed E-state index contributed by atoms with van der Waals surface area (Å²) in [4.78, 5) is 4.73. The minimum atomic E-state index is -0.249. The zero-order valence-corrected chi connectivity index (χ0v) is 17.2. The number of likely N-dealkylation sites (tertiary alicyclic amines) is 1. The van der Waals surface area contributed by atoms with E-state index in [1.165, 1.54) is 6.07 Å². The first-order valence-corrected chi connectivity index (χ1v) is 9.91. The topological polar surface area (TPSA) is 33.5 Å². The number of hydrogen-bond acceptors (Lipinski definition) is 4. The van der Waals surface area contributed by atoms with Crippen molar-refractivity contribution in [3.8, 4) is 22.7 Å². The van der Waals surface area contributed by atoms with Crippen LogP contribution in [0.5, 0.6) is 5.75 Å². The van der Waals surface area contributed by atoms with E-state index in [-0.39, 0.29) is 5.82 Å². The first-order chi connectivity index (χ1) is 14.0. The summed E-state index contributed by atoms with van der Waals surface area (Å²) < 4.78 is 21.0. The maximum atomic E-state index is 13.9. The van der Waals surface area contributed by atoms with Crippen molar-refractivity contribution < 1.29 is 9.13 Å². The van der Waals surface area contributed by atoms with Gasteiger partial charge in [-0.1, -0.05) is 12.1 Å². The van der Waals surface area contributed by atoms with Gasteiger partial charge >= 0.3 is 0 Å². The summed E-state index contributed by atoms with van der Waals surface area (Å²) in [6.45, 7) is 2.88. The second kappa shape index (κ2) is 8.35. The molecule has 1 aromatic heterocycles. The van der Waals surface area contributed by atoms with Crippen LogP contribution in [0.2, 0.25) is 0 Å². The highest BCUT2D eigenvalue weighted by Gasteiger charge is 2.25. The van der Waals surface area contributed by atoms with Crippen LogP contribution >= 0.6 is 0 Å². The van der Waals surface area contributed by atoms with Gasteiger partial charge in [-0.3, -0.25) is 4.90 Å². The van der Waals surface area contributed by atoms with Gasteiger partial charge in [-0.25, -0.2) is 9.07 Å². The molecule has 1 fully saturated rings. The zero-order chi connectivity index (χ0) is 20.4. The molecular weight excluding hydrogens is 367 g/mol. The quantitative estimate of drug-likeness (QED) is 0.636. The van der Waals surface area contributed by atoms with Crippen LogP contribution in [0.3, 0.4) is 0 Å². The fourth-order valence-electron chi connectivity index (χ4n) is 3.89. The molecule has 0 radical (unpaired) electrons. The molecule has 1 unspecified atom stereocenters. The summed E-state index contributed by atoms with van der Waals surface area (Å²) in [6, 6.07) is 15.0. The van der Waals surface area contributed by atoms with Gasteiger partial charge in [-0.05, 0) is 56.9 Å². The summed E-state index contributed by atoms with van der Waals surface area (Å²) in [7, 11) is 5.92. The van der Waals surface area contributed by atoms with Gasteiger partial charge < -0.3 is 9.64 Å². The molecule has 152 valence electrons. The van der Waals surface area contributed by atoms with Crippen molar-refractivity contribution in [3.05, 3.63) is 66.1 Å². The highest BCUT2D eigenvalue weighted by Crippen LogP contribution is 2.27. The van der Waals surface area contributed by atoms with Crippen LogP contribution in [0.25, 0.3) is 16.9 Å². The Kier molecular flexibility index (Phi) is 5.65. The summed E-state index contributed by atoms with van der Waals surface area (Å²) in [5, 5.41) is 4.82. The molecule has 1 aliphatic heterocycles. The largest absolute Gasteiger partial charge is 0.497 e. The molecule has 0 bridgehead atoms. The van der Waals surface area contributed by atoms with Crippen molar-refractivity contribution in [1.82, 2.24) is 19.6 Å². The third kappa shape index (κ3) is 4.33. The molecule has 5 nitrogen and oxygen atoms in total. The van der Waals surface area contributed by atoms with E-state index in [0.29, 0.717) is 6.04 Å². The van der Waals surface area contributed by atoms with Crippen LogP contribution in [-0.4, -0.2) is 59.9 Å². The molecule has 6 heteroatoms. The fourth-order valence-corrected chi connectivity index (χ4v) is 3.89. The molecule has 2 heterocycles. The molecule has 1 saturated heterocycles. The molecular formula is C23H27FN4O. The average Bonchev–Trinajstić information content (AvgIpc) is 3.36. The Bertz CT molecular complexity index is 967. The molecule has 1 atom stereocenters. The van der Waals surface area contributed by atoms with Gasteiger partial charge in [0.25, 0.3) is 0 Å². The Hall–Kier alpha value is -2.70. The molecule has 1 aliphatic rings. The normalized spacial score (nSPS) is 17.2. The lowest BCUT2D eigenvalue weighted by Crippen LogP contribution is -2.31. The number of halogens is 1. The Labute approximate surface area is 171 Å². The van der Waals surface area contributed by atoms with Crippen molar-refractivity contribution in [2.24, 2.45) is 0 Å². The van der Waals surface area contributed by atoms with Gasteiger partial charge in [0.05, 0.1) is 18.5 Å². The van der Waals surface area contributed by atoms with Gasteiger partial charge in [0.1, 0.15) is 11.6 Å². The van der Waals surface area contributed by atoms with Gasteiger partial charge in [-0.15, -0.1) is 0 Å². The Balaban J connectivity index is 1.67. The highest BCUT2D eigenvalue weighted by atomic mass is 19.1. The summed E-state index contributed by atoms with van der Waals surface area (Å²) in [5.41, 5.74) is 3.68. The van der Waals surface area contributed by atoms with E-state index in [4.69, 9.17) is 9.84 Å². The van der Waals surface area contributed by atoms with E-state index in [9.17, 15) is 4.39 Å². The number of methoxy groups -OCH3 is 1. The molecule has 0 N–H and O–H groups in total. The van der Waals surface area contributed by atoms with Crippen molar-refractivity contribution in [2.75, 3.05) is 34.3 Å². The predicted molar refractivity (Wildman–Crippen MR) is 113 cm³/mol. The van der Waals surface area contributed by atoms with E-state index >= 15 is 0 Å². The maximum absolute atomic E-state index is 13.9. The molecule has 4 rings (SSSR count). The fraction of sp³-hybridized carbons (Fsp3) is 0.348. The lowest BCUT2D eigenvalue weighted by atomic mass is 10.1. The number of likely N-dealkylation sites (N-methyl/N-ethyl adjacent to an activating group) is 1. The van der Waals surface area contributed by atoms with Crippen LogP contribution in [0.15, 0.2) is 54.7 Å². The molecule has 29 heavy (non-hydrogen) atoms. The molecule has 0 amide bonds. The number of aromatic nitrogens is 2. The zero-order valence-electron chi connectivity index (χ0n) is 17.2. The third-order valence-electron chi connectivity index (χ3n) is 5.60. The monoisotopic (exact) mass is 394 g/mol. The number of rotatable bonds is 6. The van der Waals surface area contributed by atoms with Crippen LogP contribution in [0.1, 0.15) is 12.0 Å².